The molecular weight excluding hydrogens is 492 g/mol. The number of piperazine rings is 1. The summed E-state index contributed by atoms with van der Waals surface area (Å²) in [5.41, 5.74) is -8.38. The lowest BCUT2D eigenvalue weighted by molar-refractivity contribution is -0.187. The van der Waals surface area contributed by atoms with Crippen LogP contribution in [0.4, 0.5) is 0 Å². The van der Waals surface area contributed by atoms with Crippen LogP contribution in [0.15, 0.2) is 60.7 Å². The van der Waals surface area contributed by atoms with Gasteiger partial charge < -0.3 is 31.1 Å². The fraction of sp³-hybridized carbons (Fsp3) is 0.429. The molecule has 4 atom stereocenters. The first-order valence-corrected chi connectivity index (χ1v) is 12.5. The third-order valence-electron chi connectivity index (χ3n) is 7.02. The molecule has 0 bridgehead atoms. The average Bonchev–Trinajstić information content (AvgIpc) is 2.91. The van der Waals surface area contributed by atoms with Crippen molar-refractivity contribution in [1.82, 2.24) is 10.6 Å². The molecule has 6 N–H and O–H groups in total. The summed E-state index contributed by atoms with van der Waals surface area (Å²) in [5.74, 6) is -8.03. The van der Waals surface area contributed by atoms with Gasteiger partial charge in [0.25, 0.3) is 11.2 Å². The van der Waals surface area contributed by atoms with Crippen molar-refractivity contribution in [1.29, 1.82) is 0 Å². The number of Topliss-reactive ketones (excluding diaryl/α,β-unsaturated/α-hetero) is 2. The Kier molecular flexibility index (Phi) is 8.83. The number of rotatable bonds is 7. The van der Waals surface area contributed by atoms with Crippen LogP contribution in [0.5, 0.6) is 0 Å². The van der Waals surface area contributed by atoms with Gasteiger partial charge in [-0.05, 0) is 26.7 Å². The van der Waals surface area contributed by atoms with Crippen molar-refractivity contribution in [2.24, 2.45) is 0 Å². The van der Waals surface area contributed by atoms with E-state index in [2.05, 4.69) is 24.5 Å². The molecule has 0 spiro atoms. The van der Waals surface area contributed by atoms with Crippen LogP contribution in [0.1, 0.15) is 60.2 Å². The molecule has 0 radical (unpaired) electrons. The molecule has 2 aromatic carbocycles. The third kappa shape index (κ3) is 5.68. The van der Waals surface area contributed by atoms with Crippen LogP contribution in [0.25, 0.3) is 0 Å². The lowest BCUT2D eigenvalue weighted by atomic mass is 9.73. The van der Waals surface area contributed by atoms with E-state index in [9.17, 15) is 39.6 Å². The Morgan fingerprint density at radius 2 is 1.13 bits per heavy atom. The van der Waals surface area contributed by atoms with Crippen LogP contribution < -0.4 is 10.6 Å². The summed E-state index contributed by atoms with van der Waals surface area (Å²) >= 11 is 0. The van der Waals surface area contributed by atoms with Gasteiger partial charge >= 0.3 is 11.9 Å². The number of aliphatic carboxylic acids is 2. The molecule has 1 aliphatic carbocycles. The summed E-state index contributed by atoms with van der Waals surface area (Å²) in [5, 5.41) is 47.2. The molecule has 0 amide bonds. The molecule has 1 saturated heterocycles. The number of carboxylic acid groups (broad SMARTS) is 2. The van der Waals surface area contributed by atoms with Gasteiger partial charge in [0, 0.05) is 35.3 Å². The van der Waals surface area contributed by atoms with Crippen molar-refractivity contribution < 1.29 is 39.6 Å². The quantitative estimate of drug-likeness (QED) is 0.230. The number of carbonyl (C=O) groups excluding carboxylic acids is 2. The smallest absolute Gasteiger partial charge is 0.348 e. The molecule has 2 aromatic rings. The van der Waals surface area contributed by atoms with Gasteiger partial charge in [0.1, 0.15) is 0 Å². The summed E-state index contributed by atoms with van der Waals surface area (Å²) in [4.78, 5) is 48.5. The first-order chi connectivity index (χ1) is 17.8. The fourth-order valence-corrected chi connectivity index (χ4v) is 4.92. The molecule has 1 heterocycles. The second-order valence-electron chi connectivity index (χ2n) is 10.3. The van der Waals surface area contributed by atoms with Crippen molar-refractivity contribution in [3.8, 4) is 0 Å². The number of fused-ring (bicyclic) bond motifs is 1. The monoisotopic (exact) mass is 526 g/mol. The molecule has 10 nitrogen and oxygen atoms in total. The van der Waals surface area contributed by atoms with E-state index in [1.165, 1.54) is 62.1 Å². The van der Waals surface area contributed by atoms with Gasteiger partial charge in [0.2, 0.25) is 11.6 Å². The lowest BCUT2D eigenvalue weighted by Crippen LogP contribution is -2.71. The maximum atomic E-state index is 12.6. The molecular formula is C28H34N2O8. The number of ketones is 2. The van der Waals surface area contributed by atoms with Crippen LogP contribution >= 0.6 is 0 Å². The van der Waals surface area contributed by atoms with E-state index in [0.717, 1.165) is 42.9 Å². The first kappa shape index (κ1) is 29.1. The zero-order chi connectivity index (χ0) is 28.1. The Balaban J connectivity index is 0.000000275. The van der Waals surface area contributed by atoms with Crippen LogP contribution in [0.2, 0.25) is 0 Å². The Morgan fingerprint density at radius 1 is 0.737 bits per heavy atom. The minimum Gasteiger partial charge on any atom is -0.479 e. The molecule has 1 aliphatic heterocycles. The molecule has 2 aliphatic rings. The summed E-state index contributed by atoms with van der Waals surface area (Å²) in [6.07, 6.45) is 5.55. The molecule has 0 aromatic heterocycles. The van der Waals surface area contributed by atoms with Gasteiger partial charge in [-0.1, -0.05) is 73.5 Å². The highest BCUT2D eigenvalue weighted by molar-refractivity contribution is 6.28. The van der Waals surface area contributed by atoms with E-state index in [4.69, 9.17) is 0 Å². The van der Waals surface area contributed by atoms with Gasteiger partial charge in [-0.2, -0.15) is 0 Å². The highest BCUT2D eigenvalue weighted by atomic mass is 16.5. The van der Waals surface area contributed by atoms with Gasteiger partial charge in [-0.15, -0.1) is 0 Å². The van der Waals surface area contributed by atoms with Gasteiger partial charge in [0.05, 0.1) is 0 Å². The summed E-state index contributed by atoms with van der Waals surface area (Å²) in [6.45, 7) is 5.68. The Bertz CT molecular complexity index is 1100. The predicted octanol–water partition coefficient (Wildman–Crippen LogP) is 1.65. The van der Waals surface area contributed by atoms with Crippen LogP contribution in [0, 0.1) is 0 Å². The third-order valence-corrected chi connectivity index (χ3v) is 7.02. The second-order valence-corrected chi connectivity index (χ2v) is 10.3. The van der Waals surface area contributed by atoms with Gasteiger partial charge in [-0.3, -0.25) is 9.59 Å². The second kappa shape index (κ2) is 11.5. The molecule has 0 unspecified atom stereocenters. The number of carboxylic acids is 2. The van der Waals surface area contributed by atoms with E-state index >= 15 is 0 Å². The minimum atomic E-state index is -3.95. The van der Waals surface area contributed by atoms with E-state index in [-0.39, 0.29) is 0 Å². The number of nitrogens with one attached hydrogen (secondary N) is 2. The molecule has 1 saturated carbocycles. The molecule has 204 valence electrons. The highest BCUT2D eigenvalue weighted by Crippen LogP contribution is 2.31. The number of carbonyl (C=O) groups is 4. The van der Waals surface area contributed by atoms with Crippen molar-refractivity contribution in [2.75, 3.05) is 6.54 Å². The zero-order valence-corrected chi connectivity index (χ0v) is 21.4. The van der Waals surface area contributed by atoms with Crippen molar-refractivity contribution >= 4 is 23.5 Å². The van der Waals surface area contributed by atoms with Crippen molar-refractivity contribution in [3.63, 3.8) is 0 Å². The lowest BCUT2D eigenvalue weighted by Gasteiger charge is -2.45. The van der Waals surface area contributed by atoms with Gasteiger partial charge in [-0.25, -0.2) is 9.59 Å². The number of hydrogen-bond acceptors (Lipinski definition) is 8. The Hall–Kier alpha value is -3.44. The standard InChI is InChI=1S/C18H14O8.C10H20N2/c19-13(11-7-3-1-4-8-11)17(25,15(21)22)18(26,16(23)24)14(20)12-9-5-2-6-10-12;1-10(2)7-11-8-5-3-4-6-9(8)12-10/h1-10,25-26H,(H,21,22)(H,23,24);8-9,11-12H,3-7H2,1-2H3/t17-,18-;8-,9+/m10/s1. The van der Waals surface area contributed by atoms with E-state index in [1.54, 1.807) is 0 Å². The molecule has 10 heteroatoms. The van der Waals surface area contributed by atoms with Gasteiger partial charge in [0.15, 0.2) is 0 Å². The van der Waals surface area contributed by atoms with E-state index in [0.29, 0.717) is 5.54 Å². The topological polar surface area (TPSA) is 173 Å². The number of hydrogen-bond donors (Lipinski definition) is 6. The fourth-order valence-electron chi connectivity index (χ4n) is 4.92. The maximum Gasteiger partial charge on any atom is 0.348 e. The predicted molar refractivity (Wildman–Crippen MR) is 138 cm³/mol. The van der Waals surface area contributed by atoms with Crippen molar-refractivity contribution in [3.05, 3.63) is 71.8 Å². The highest BCUT2D eigenvalue weighted by Gasteiger charge is 2.69. The summed E-state index contributed by atoms with van der Waals surface area (Å²) in [7, 11) is 0. The zero-order valence-electron chi connectivity index (χ0n) is 21.4. The maximum absolute atomic E-state index is 12.6. The van der Waals surface area contributed by atoms with Crippen molar-refractivity contribution in [2.45, 2.75) is 68.4 Å². The average molecular weight is 527 g/mol. The first-order valence-electron chi connectivity index (χ1n) is 12.5. The normalized spacial score (nSPS) is 23.3. The minimum absolute atomic E-state index is 0.304. The van der Waals surface area contributed by atoms with Crippen LogP contribution in [-0.4, -0.2) is 79.3 Å². The largest absolute Gasteiger partial charge is 0.479 e. The summed E-state index contributed by atoms with van der Waals surface area (Å²) < 4.78 is 0. The molecule has 4 rings (SSSR count). The van der Waals surface area contributed by atoms with E-state index in [1.807, 2.05) is 0 Å². The summed E-state index contributed by atoms with van der Waals surface area (Å²) in [6, 6.07) is 14.3. The van der Waals surface area contributed by atoms with Crippen LogP contribution in [-0.2, 0) is 9.59 Å². The van der Waals surface area contributed by atoms with E-state index < -0.39 is 45.8 Å². The molecule has 2 fully saturated rings. The Labute approximate surface area is 220 Å². The Morgan fingerprint density at radius 3 is 1.53 bits per heavy atom. The SMILES string of the molecule is CC1(C)CN[C@H]2CCCC[C@H]2N1.O=C(O)[C@](O)(C(=O)c1ccccc1)[C@](O)(C(=O)O)C(=O)c1ccccc1. The number of benzene rings is 2. The molecule has 38 heavy (non-hydrogen) atoms. The van der Waals surface area contributed by atoms with Crippen LogP contribution in [0.3, 0.4) is 0 Å². The number of aliphatic hydroxyl groups is 2.